The lowest BCUT2D eigenvalue weighted by atomic mass is 10.3. The molecule has 0 unspecified atom stereocenters. The maximum Gasteiger partial charge on any atom is 0.214 e. The Bertz CT molecular complexity index is 312. The summed E-state index contributed by atoms with van der Waals surface area (Å²) in [6.45, 7) is 0.601. The van der Waals surface area contributed by atoms with Crippen molar-refractivity contribution in [1.29, 1.82) is 0 Å². The number of pyridine rings is 1. The first-order valence-corrected chi connectivity index (χ1v) is 3.58. The monoisotopic (exact) mass is 164 g/mol. The van der Waals surface area contributed by atoms with Crippen LogP contribution in [0.2, 0.25) is 0 Å². The van der Waals surface area contributed by atoms with Crippen LogP contribution in [0, 0.1) is 17.8 Å². The van der Waals surface area contributed by atoms with E-state index in [1.165, 1.54) is 12.3 Å². The highest BCUT2D eigenvalue weighted by atomic mass is 19.1. The molecule has 0 fully saturated rings. The van der Waals surface area contributed by atoms with Gasteiger partial charge in [0.2, 0.25) is 5.95 Å². The van der Waals surface area contributed by atoms with Crippen LogP contribution in [0.25, 0.3) is 0 Å². The summed E-state index contributed by atoms with van der Waals surface area (Å²) in [5.74, 6) is 5.12. The summed E-state index contributed by atoms with van der Waals surface area (Å²) >= 11 is 0. The molecule has 62 valence electrons. The highest BCUT2D eigenvalue weighted by Crippen LogP contribution is 1.96. The molecule has 1 aromatic rings. The van der Waals surface area contributed by atoms with Gasteiger partial charge >= 0.3 is 0 Å². The molecule has 1 rings (SSSR count). The van der Waals surface area contributed by atoms with Gasteiger partial charge in [0.25, 0.3) is 0 Å². The van der Waals surface area contributed by atoms with Crippen molar-refractivity contribution in [2.75, 3.05) is 13.6 Å². The van der Waals surface area contributed by atoms with Crippen LogP contribution in [0.4, 0.5) is 4.39 Å². The number of nitrogens with zero attached hydrogens (tertiary/aromatic N) is 1. The second-order valence-electron chi connectivity index (χ2n) is 2.20. The van der Waals surface area contributed by atoms with Gasteiger partial charge in [0.05, 0.1) is 6.54 Å². The van der Waals surface area contributed by atoms with Crippen molar-refractivity contribution in [1.82, 2.24) is 10.3 Å². The molecule has 0 bridgehead atoms. The van der Waals surface area contributed by atoms with Crippen LogP contribution >= 0.6 is 0 Å². The Labute approximate surface area is 70.8 Å². The van der Waals surface area contributed by atoms with Gasteiger partial charge in [-0.15, -0.1) is 0 Å². The van der Waals surface area contributed by atoms with E-state index in [9.17, 15) is 4.39 Å². The maximum atomic E-state index is 12.5. The number of halogens is 1. The second kappa shape index (κ2) is 4.47. The van der Waals surface area contributed by atoms with Crippen molar-refractivity contribution in [3.05, 3.63) is 29.8 Å². The SMILES string of the molecule is CNCC#Cc1ccnc(F)c1. The van der Waals surface area contributed by atoms with Gasteiger partial charge < -0.3 is 5.32 Å². The number of aromatic nitrogens is 1. The molecular formula is C9H9FN2. The molecule has 2 nitrogen and oxygen atoms in total. The summed E-state index contributed by atoms with van der Waals surface area (Å²) in [4.78, 5) is 3.42. The Morgan fingerprint density at radius 3 is 3.17 bits per heavy atom. The Balaban J connectivity index is 2.71. The van der Waals surface area contributed by atoms with Gasteiger partial charge in [-0.05, 0) is 13.1 Å². The fraction of sp³-hybridized carbons (Fsp3) is 0.222. The molecule has 12 heavy (non-hydrogen) atoms. The van der Waals surface area contributed by atoms with Crippen LogP contribution in [0.3, 0.4) is 0 Å². The van der Waals surface area contributed by atoms with Crippen molar-refractivity contribution in [3.8, 4) is 11.8 Å². The zero-order valence-corrected chi connectivity index (χ0v) is 6.76. The predicted molar refractivity (Wildman–Crippen MR) is 45.0 cm³/mol. The topological polar surface area (TPSA) is 24.9 Å². The summed E-state index contributed by atoms with van der Waals surface area (Å²) in [6.07, 6.45) is 1.40. The number of rotatable bonds is 1. The van der Waals surface area contributed by atoms with Crippen molar-refractivity contribution >= 4 is 0 Å². The fourth-order valence-electron chi connectivity index (χ4n) is 0.715. The first kappa shape index (κ1) is 8.69. The molecule has 0 aliphatic rings. The van der Waals surface area contributed by atoms with Gasteiger partial charge in [-0.3, -0.25) is 0 Å². The van der Waals surface area contributed by atoms with Gasteiger partial charge in [0.15, 0.2) is 0 Å². The second-order valence-corrected chi connectivity index (χ2v) is 2.20. The summed E-state index contributed by atoms with van der Waals surface area (Å²) in [5.41, 5.74) is 0.651. The molecule has 0 saturated carbocycles. The van der Waals surface area contributed by atoms with E-state index in [1.807, 2.05) is 7.05 Å². The lowest BCUT2D eigenvalue weighted by Crippen LogP contribution is -2.04. The maximum absolute atomic E-state index is 12.5. The first-order chi connectivity index (χ1) is 5.83. The third kappa shape index (κ3) is 2.69. The summed E-state index contributed by atoms with van der Waals surface area (Å²) in [7, 11) is 1.81. The molecule has 1 heterocycles. The van der Waals surface area contributed by atoms with E-state index in [0.29, 0.717) is 12.1 Å². The van der Waals surface area contributed by atoms with Gasteiger partial charge in [0, 0.05) is 17.8 Å². The molecule has 0 aromatic carbocycles. The quantitative estimate of drug-likeness (QED) is 0.490. The number of hydrogen-bond acceptors (Lipinski definition) is 2. The van der Waals surface area contributed by atoms with Gasteiger partial charge in [-0.25, -0.2) is 4.98 Å². The minimum Gasteiger partial charge on any atom is -0.309 e. The van der Waals surface area contributed by atoms with Crippen LogP contribution in [-0.4, -0.2) is 18.6 Å². The Morgan fingerprint density at radius 1 is 1.67 bits per heavy atom. The van der Waals surface area contributed by atoms with Gasteiger partial charge in [0.1, 0.15) is 0 Å². The summed E-state index contributed by atoms with van der Waals surface area (Å²) in [6, 6.07) is 2.98. The van der Waals surface area contributed by atoms with Crippen molar-refractivity contribution in [2.24, 2.45) is 0 Å². The minimum absolute atomic E-state index is 0.494. The fourth-order valence-corrected chi connectivity index (χ4v) is 0.715. The van der Waals surface area contributed by atoms with E-state index in [0.717, 1.165) is 0 Å². The largest absolute Gasteiger partial charge is 0.309 e. The van der Waals surface area contributed by atoms with Crippen LogP contribution in [0.5, 0.6) is 0 Å². The minimum atomic E-state index is -0.494. The number of hydrogen-bond donors (Lipinski definition) is 1. The first-order valence-electron chi connectivity index (χ1n) is 3.58. The van der Waals surface area contributed by atoms with Crippen LogP contribution in [-0.2, 0) is 0 Å². The third-order valence-corrected chi connectivity index (χ3v) is 1.22. The lowest BCUT2D eigenvalue weighted by Gasteiger charge is -1.88. The number of nitrogens with one attached hydrogen (secondary N) is 1. The molecule has 3 heteroatoms. The van der Waals surface area contributed by atoms with E-state index in [2.05, 4.69) is 22.1 Å². The molecule has 1 aromatic heterocycles. The highest BCUT2D eigenvalue weighted by Gasteiger charge is 1.89. The normalized spacial score (nSPS) is 8.83. The third-order valence-electron chi connectivity index (χ3n) is 1.22. The average molecular weight is 164 g/mol. The molecule has 0 amide bonds. The van der Waals surface area contributed by atoms with Crippen molar-refractivity contribution in [3.63, 3.8) is 0 Å². The Kier molecular flexibility index (Phi) is 3.24. The van der Waals surface area contributed by atoms with Crippen LogP contribution < -0.4 is 5.32 Å². The van der Waals surface area contributed by atoms with E-state index < -0.39 is 5.95 Å². The van der Waals surface area contributed by atoms with Crippen LogP contribution in [0.1, 0.15) is 5.56 Å². The molecular weight excluding hydrogens is 155 g/mol. The molecule has 0 saturated heterocycles. The highest BCUT2D eigenvalue weighted by molar-refractivity contribution is 5.32. The zero-order chi connectivity index (χ0) is 8.81. The predicted octanol–water partition coefficient (Wildman–Crippen LogP) is 0.792. The standard InChI is InChI=1S/C9H9FN2/c1-11-5-2-3-8-4-6-12-9(10)7-8/h4,6-7,11H,5H2,1H3. The molecule has 0 radical (unpaired) electrons. The lowest BCUT2D eigenvalue weighted by molar-refractivity contribution is 0.583. The van der Waals surface area contributed by atoms with E-state index in [4.69, 9.17) is 0 Å². The van der Waals surface area contributed by atoms with Crippen molar-refractivity contribution < 1.29 is 4.39 Å². The van der Waals surface area contributed by atoms with Gasteiger partial charge in [-0.2, -0.15) is 4.39 Å². The Morgan fingerprint density at radius 2 is 2.50 bits per heavy atom. The molecule has 0 aliphatic heterocycles. The van der Waals surface area contributed by atoms with Gasteiger partial charge in [-0.1, -0.05) is 11.8 Å². The van der Waals surface area contributed by atoms with E-state index in [-0.39, 0.29) is 0 Å². The summed E-state index contributed by atoms with van der Waals surface area (Å²) < 4.78 is 12.5. The molecule has 1 N–H and O–H groups in total. The Hall–Kier alpha value is -1.40. The smallest absolute Gasteiger partial charge is 0.214 e. The van der Waals surface area contributed by atoms with Crippen LogP contribution in [0.15, 0.2) is 18.3 Å². The van der Waals surface area contributed by atoms with Crippen molar-refractivity contribution in [2.45, 2.75) is 0 Å². The zero-order valence-electron chi connectivity index (χ0n) is 6.76. The molecule has 0 aliphatic carbocycles. The summed E-state index contributed by atoms with van der Waals surface area (Å²) in [5, 5.41) is 2.87. The van der Waals surface area contributed by atoms with E-state index in [1.54, 1.807) is 6.07 Å². The molecule has 0 spiro atoms. The van der Waals surface area contributed by atoms with E-state index >= 15 is 0 Å². The average Bonchev–Trinajstić information content (AvgIpc) is 2.05. The molecule has 0 atom stereocenters.